The quantitative estimate of drug-likeness (QED) is 0.855. The average Bonchev–Trinajstić information content (AvgIpc) is 2.28. The van der Waals surface area contributed by atoms with Gasteiger partial charge in [-0.25, -0.2) is 4.79 Å². The van der Waals surface area contributed by atoms with Crippen LogP contribution in [-0.2, 0) is 10.3 Å². The normalized spacial score (nSPS) is 10.8. The lowest BCUT2D eigenvalue weighted by molar-refractivity contribution is 0.159. The van der Waals surface area contributed by atoms with Crippen LogP contribution in [0.5, 0.6) is 5.75 Å². The lowest BCUT2D eigenvalue weighted by Crippen LogP contribution is -2.40. The molecular weight excluding hydrogens is 206 g/mol. The number of rotatable bonds is 3. The van der Waals surface area contributed by atoms with Gasteiger partial charge >= 0.3 is 6.09 Å². The van der Waals surface area contributed by atoms with Crippen LogP contribution in [0.15, 0.2) is 24.3 Å². The van der Waals surface area contributed by atoms with E-state index in [0.29, 0.717) is 0 Å². The number of benzene rings is 1. The van der Waals surface area contributed by atoms with Gasteiger partial charge < -0.3 is 14.8 Å². The molecule has 1 aromatic rings. The molecule has 1 N–H and O–H groups in total. The van der Waals surface area contributed by atoms with Crippen LogP contribution in [0.1, 0.15) is 19.4 Å². The van der Waals surface area contributed by atoms with Crippen LogP contribution in [0.25, 0.3) is 0 Å². The smallest absolute Gasteiger partial charge is 0.407 e. The third-order valence-corrected chi connectivity index (χ3v) is 2.41. The molecule has 0 radical (unpaired) electrons. The van der Waals surface area contributed by atoms with E-state index in [2.05, 4.69) is 10.1 Å². The van der Waals surface area contributed by atoms with Gasteiger partial charge in [0.05, 0.1) is 19.8 Å². The maximum absolute atomic E-state index is 11.2. The fourth-order valence-electron chi connectivity index (χ4n) is 1.39. The summed E-state index contributed by atoms with van der Waals surface area (Å²) in [7, 11) is 2.96. The lowest BCUT2D eigenvalue weighted by atomic mass is 9.94. The van der Waals surface area contributed by atoms with E-state index in [9.17, 15) is 4.79 Å². The second-order valence-corrected chi connectivity index (χ2v) is 3.97. The predicted octanol–water partition coefficient (Wildman–Crippen LogP) is 2.29. The SMILES string of the molecule is COC(=O)NC(C)(C)c1ccc(OC)cc1. The Morgan fingerprint density at radius 1 is 1.19 bits per heavy atom. The molecule has 0 aromatic heterocycles. The Bertz CT molecular complexity index is 357. The van der Waals surface area contributed by atoms with Crippen molar-refractivity contribution in [1.29, 1.82) is 0 Å². The molecule has 0 spiro atoms. The molecule has 88 valence electrons. The summed E-state index contributed by atoms with van der Waals surface area (Å²) in [5.74, 6) is 0.789. The number of carbonyl (C=O) groups is 1. The van der Waals surface area contributed by atoms with Crippen molar-refractivity contribution in [3.8, 4) is 5.75 Å². The summed E-state index contributed by atoms with van der Waals surface area (Å²) < 4.78 is 9.65. The molecule has 0 bridgehead atoms. The molecule has 0 aliphatic carbocycles. The summed E-state index contributed by atoms with van der Waals surface area (Å²) in [5.41, 5.74) is 0.512. The number of amides is 1. The highest BCUT2D eigenvalue weighted by atomic mass is 16.5. The van der Waals surface area contributed by atoms with E-state index in [1.54, 1.807) is 7.11 Å². The maximum atomic E-state index is 11.2. The van der Waals surface area contributed by atoms with E-state index in [1.165, 1.54) is 7.11 Å². The van der Waals surface area contributed by atoms with Gasteiger partial charge in [-0.1, -0.05) is 12.1 Å². The minimum absolute atomic E-state index is 0.444. The molecule has 0 saturated heterocycles. The van der Waals surface area contributed by atoms with Crippen molar-refractivity contribution in [2.24, 2.45) is 0 Å². The second-order valence-electron chi connectivity index (χ2n) is 3.97. The second kappa shape index (κ2) is 4.88. The molecular formula is C12H17NO3. The van der Waals surface area contributed by atoms with Crippen LogP contribution in [0.4, 0.5) is 4.79 Å². The fraction of sp³-hybridized carbons (Fsp3) is 0.417. The Labute approximate surface area is 95.6 Å². The highest BCUT2D eigenvalue weighted by Gasteiger charge is 2.22. The maximum Gasteiger partial charge on any atom is 0.407 e. The van der Waals surface area contributed by atoms with Crippen LogP contribution in [0.2, 0.25) is 0 Å². The minimum Gasteiger partial charge on any atom is -0.497 e. The summed E-state index contributed by atoms with van der Waals surface area (Å²) >= 11 is 0. The zero-order chi connectivity index (χ0) is 12.2. The third-order valence-electron chi connectivity index (χ3n) is 2.41. The number of hydrogen-bond acceptors (Lipinski definition) is 3. The zero-order valence-corrected chi connectivity index (χ0v) is 10.0. The average molecular weight is 223 g/mol. The van der Waals surface area contributed by atoms with Gasteiger partial charge in [0.15, 0.2) is 0 Å². The molecule has 0 fully saturated rings. The highest BCUT2D eigenvalue weighted by Crippen LogP contribution is 2.22. The molecule has 0 aliphatic rings. The zero-order valence-electron chi connectivity index (χ0n) is 10.0. The van der Waals surface area contributed by atoms with Crippen molar-refractivity contribution in [3.63, 3.8) is 0 Å². The standard InChI is InChI=1S/C12H17NO3/c1-12(2,13-11(14)16-4)9-5-7-10(15-3)8-6-9/h5-8H,1-4H3,(H,13,14). The predicted molar refractivity (Wildman–Crippen MR) is 61.6 cm³/mol. The number of hydrogen-bond donors (Lipinski definition) is 1. The lowest BCUT2D eigenvalue weighted by Gasteiger charge is -2.26. The number of ether oxygens (including phenoxy) is 2. The van der Waals surface area contributed by atoms with Crippen molar-refractivity contribution in [2.75, 3.05) is 14.2 Å². The number of nitrogens with one attached hydrogen (secondary N) is 1. The van der Waals surface area contributed by atoms with Crippen LogP contribution in [-0.4, -0.2) is 20.3 Å². The fourth-order valence-corrected chi connectivity index (χ4v) is 1.39. The van der Waals surface area contributed by atoms with E-state index >= 15 is 0 Å². The number of carbonyl (C=O) groups excluding carboxylic acids is 1. The molecule has 1 aromatic carbocycles. The van der Waals surface area contributed by atoms with Crippen LogP contribution >= 0.6 is 0 Å². The summed E-state index contributed by atoms with van der Waals surface area (Å²) in [6, 6.07) is 7.54. The van der Waals surface area contributed by atoms with Gasteiger partial charge in [0, 0.05) is 0 Å². The largest absolute Gasteiger partial charge is 0.497 e. The Hall–Kier alpha value is -1.71. The first-order chi connectivity index (χ1) is 7.49. The van der Waals surface area contributed by atoms with Crippen molar-refractivity contribution < 1.29 is 14.3 Å². The molecule has 1 rings (SSSR count). The molecule has 16 heavy (non-hydrogen) atoms. The first kappa shape index (κ1) is 12.4. The summed E-state index contributed by atoms with van der Waals surface area (Å²) in [5, 5.41) is 2.76. The molecule has 0 aliphatic heterocycles. The minimum atomic E-state index is -0.473. The monoisotopic (exact) mass is 223 g/mol. The Morgan fingerprint density at radius 3 is 2.19 bits per heavy atom. The van der Waals surface area contributed by atoms with Gasteiger partial charge in [0.25, 0.3) is 0 Å². The van der Waals surface area contributed by atoms with Crippen molar-refractivity contribution in [2.45, 2.75) is 19.4 Å². The number of alkyl carbamates (subject to hydrolysis) is 1. The van der Waals surface area contributed by atoms with Gasteiger partial charge in [-0.05, 0) is 31.5 Å². The molecule has 0 saturated carbocycles. The Kier molecular flexibility index (Phi) is 3.77. The highest BCUT2D eigenvalue weighted by molar-refractivity contribution is 5.68. The summed E-state index contributed by atoms with van der Waals surface area (Å²) in [6.45, 7) is 3.82. The van der Waals surface area contributed by atoms with Gasteiger partial charge in [-0.3, -0.25) is 0 Å². The third kappa shape index (κ3) is 2.89. The van der Waals surface area contributed by atoms with Crippen LogP contribution in [0, 0.1) is 0 Å². The van der Waals surface area contributed by atoms with E-state index in [0.717, 1.165) is 11.3 Å². The van der Waals surface area contributed by atoms with Gasteiger partial charge in [-0.2, -0.15) is 0 Å². The molecule has 0 unspecified atom stereocenters. The molecule has 1 amide bonds. The Balaban J connectivity index is 2.84. The van der Waals surface area contributed by atoms with E-state index < -0.39 is 11.6 Å². The van der Waals surface area contributed by atoms with Crippen molar-refractivity contribution in [1.82, 2.24) is 5.32 Å². The van der Waals surface area contributed by atoms with Crippen LogP contribution in [0.3, 0.4) is 0 Å². The molecule has 4 heteroatoms. The first-order valence-corrected chi connectivity index (χ1v) is 5.00. The van der Waals surface area contributed by atoms with Gasteiger partial charge in [-0.15, -0.1) is 0 Å². The molecule has 4 nitrogen and oxygen atoms in total. The first-order valence-electron chi connectivity index (χ1n) is 5.00. The van der Waals surface area contributed by atoms with Crippen LogP contribution < -0.4 is 10.1 Å². The summed E-state index contributed by atoms with van der Waals surface area (Å²) in [6.07, 6.45) is -0.444. The van der Waals surface area contributed by atoms with E-state index in [4.69, 9.17) is 4.74 Å². The van der Waals surface area contributed by atoms with E-state index in [-0.39, 0.29) is 0 Å². The van der Waals surface area contributed by atoms with Crippen molar-refractivity contribution >= 4 is 6.09 Å². The summed E-state index contributed by atoms with van der Waals surface area (Å²) in [4.78, 5) is 11.2. The molecule has 0 atom stereocenters. The van der Waals surface area contributed by atoms with Gasteiger partial charge in [0.2, 0.25) is 0 Å². The van der Waals surface area contributed by atoms with E-state index in [1.807, 2.05) is 38.1 Å². The molecule has 0 heterocycles. The number of methoxy groups -OCH3 is 2. The Morgan fingerprint density at radius 2 is 1.75 bits per heavy atom. The van der Waals surface area contributed by atoms with Gasteiger partial charge in [0.1, 0.15) is 5.75 Å². The topological polar surface area (TPSA) is 47.6 Å². The van der Waals surface area contributed by atoms with Crippen molar-refractivity contribution in [3.05, 3.63) is 29.8 Å².